The summed E-state index contributed by atoms with van der Waals surface area (Å²) in [5, 5.41) is 3.95. The molecule has 0 saturated carbocycles. The Morgan fingerprint density at radius 1 is 1.19 bits per heavy atom. The molecule has 0 aliphatic carbocycles. The molecule has 2 saturated heterocycles. The summed E-state index contributed by atoms with van der Waals surface area (Å²) in [6.45, 7) is 0. The maximum absolute atomic E-state index is 13.3. The number of fused-ring (bicyclic) bond motifs is 2. The highest BCUT2D eigenvalue weighted by Gasteiger charge is 2.43. The third-order valence-electron chi connectivity index (χ3n) is 4.20. The van der Waals surface area contributed by atoms with Crippen LogP contribution in [0.25, 0.3) is 11.5 Å². The van der Waals surface area contributed by atoms with Gasteiger partial charge in [-0.25, -0.2) is 8.78 Å². The van der Waals surface area contributed by atoms with Crippen LogP contribution in [0.2, 0.25) is 0 Å². The van der Waals surface area contributed by atoms with E-state index in [2.05, 4.69) is 10.1 Å². The van der Waals surface area contributed by atoms with Gasteiger partial charge in [-0.2, -0.15) is 4.98 Å². The van der Waals surface area contributed by atoms with Gasteiger partial charge in [0.15, 0.2) is 17.5 Å². The number of anilines is 1. The Bertz CT molecular complexity index is 704. The highest BCUT2D eigenvalue weighted by molar-refractivity contribution is 5.70. The van der Waals surface area contributed by atoms with Crippen molar-refractivity contribution in [3.63, 3.8) is 0 Å². The van der Waals surface area contributed by atoms with Gasteiger partial charge in [-0.3, -0.25) is 0 Å². The molecule has 3 atom stereocenters. The standard InChI is InChI=1S/C14H13F2N3O2/c15-9-4-7(11(17)5-10(9)16)14-18-13(19-21-14)8-3-6-1-2-12(8)20-6/h4-6,8,12H,1-3,17H2. The van der Waals surface area contributed by atoms with Crippen LogP contribution in [0.5, 0.6) is 0 Å². The number of halogens is 2. The quantitative estimate of drug-likeness (QED) is 0.862. The summed E-state index contributed by atoms with van der Waals surface area (Å²) >= 11 is 0. The van der Waals surface area contributed by atoms with E-state index in [1.165, 1.54) is 0 Å². The van der Waals surface area contributed by atoms with E-state index >= 15 is 0 Å². The molecule has 1 aromatic carbocycles. The molecule has 5 nitrogen and oxygen atoms in total. The molecule has 3 unspecified atom stereocenters. The Hall–Kier alpha value is -2.02. The lowest BCUT2D eigenvalue weighted by atomic mass is 9.89. The number of rotatable bonds is 2. The van der Waals surface area contributed by atoms with E-state index in [1.54, 1.807) is 0 Å². The Balaban J connectivity index is 1.67. The van der Waals surface area contributed by atoms with Crippen LogP contribution in [-0.2, 0) is 4.74 Å². The molecule has 2 N–H and O–H groups in total. The third kappa shape index (κ3) is 1.99. The molecule has 2 aliphatic rings. The molecule has 2 aromatic rings. The maximum atomic E-state index is 13.3. The van der Waals surface area contributed by atoms with Crippen LogP contribution in [0.4, 0.5) is 14.5 Å². The van der Waals surface area contributed by atoms with Gasteiger partial charge in [0.1, 0.15) is 0 Å². The van der Waals surface area contributed by atoms with Crippen molar-refractivity contribution in [3.05, 3.63) is 29.6 Å². The zero-order valence-corrected chi connectivity index (χ0v) is 11.1. The minimum Gasteiger partial charge on any atom is -0.398 e. The summed E-state index contributed by atoms with van der Waals surface area (Å²) in [5.74, 6) is -1.25. The number of nitrogens with zero attached hydrogens (tertiary/aromatic N) is 2. The van der Waals surface area contributed by atoms with E-state index in [0.717, 1.165) is 31.4 Å². The molecule has 0 radical (unpaired) electrons. The molecule has 21 heavy (non-hydrogen) atoms. The number of hydrogen-bond acceptors (Lipinski definition) is 5. The molecular weight excluding hydrogens is 280 g/mol. The Morgan fingerprint density at radius 3 is 2.71 bits per heavy atom. The zero-order chi connectivity index (χ0) is 14.6. The molecule has 2 fully saturated rings. The van der Waals surface area contributed by atoms with Crippen LogP contribution in [0.15, 0.2) is 16.7 Å². The van der Waals surface area contributed by atoms with E-state index in [4.69, 9.17) is 15.0 Å². The molecule has 2 aliphatic heterocycles. The molecule has 7 heteroatoms. The highest BCUT2D eigenvalue weighted by Crippen LogP contribution is 2.43. The molecule has 0 amide bonds. The van der Waals surface area contributed by atoms with Gasteiger partial charge in [0.05, 0.1) is 23.7 Å². The first-order chi connectivity index (χ1) is 10.1. The Labute approximate surface area is 119 Å². The predicted molar refractivity (Wildman–Crippen MR) is 69.3 cm³/mol. The minimum absolute atomic E-state index is 0.0632. The van der Waals surface area contributed by atoms with Gasteiger partial charge in [0, 0.05) is 11.8 Å². The van der Waals surface area contributed by atoms with Crippen LogP contribution in [0.1, 0.15) is 31.0 Å². The number of aromatic nitrogens is 2. The minimum atomic E-state index is -1.00. The maximum Gasteiger partial charge on any atom is 0.260 e. The van der Waals surface area contributed by atoms with Crippen molar-refractivity contribution in [2.24, 2.45) is 0 Å². The molecule has 1 aromatic heterocycles. The molecule has 2 bridgehead atoms. The number of benzene rings is 1. The van der Waals surface area contributed by atoms with Crippen molar-refractivity contribution in [2.75, 3.05) is 5.73 Å². The number of hydrogen-bond donors (Lipinski definition) is 1. The SMILES string of the molecule is Nc1cc(F)c(F)cc1-c1nc(C2CC3CCC2O3)no1. The van der Waals surface area contributed by atoms with Crippen LogP contribution in [-0.4, -0.2) is 22.3 Å². The van der Waals surface area contributed by atoms with Crippen LogP contribution >= 0.6 is 0 Å². The van der Waals surface area contributed by atoms with Crippen molar-refractivity contribution >= 4 is 5.69 Å². The summed E-state index contributed by atoms with van der Waals surface area (Å²) in [6.07, 6.45) is 3.34. The lowest BCUT2D eigenvalue weighted by molar-refractivity contribution is 0.0996. The Kier molecular flexibility index (Phi) is 2.72. The van der Waals surface area contributed by atoms with Crippen molar-refractivity contribution in [1.29, 1.82) is 0 Å². The van der Waals surface area contributed by atoms with E-state index in [1.807, 2.05) is 0 Å². The number of nitrogen functional groups attached to an aromatic ring is 1. The average molecular weight is 293 g/mol. The van der Waals surface area contributed by atoms with Crippen LogP contribution in [0.3, 0.4) is 0 Å². The first kappa shape index (κ1) is 12.7. The number of nitrogens with two attached hydrogens (primary N) is 1. The highest BCUT2D eigenvalue weighted by atomic mass is 19.2. The zero-order valence-electron chi connectivity index (χ0n) is 11.1. The fourth-order valence-electron chi connectivity index (χ4n) is 3.15. The monoisotopic (exact) mass is 293 g/mol. The molecule has 110 valence electrons. The van der Waals surface area contributed by atoms with Crippen molar-refractivity contribution in [1.82, 2.24) is 10.1 Å². The first-order valence-corrected chi connectivity index (χ1v) is 6.86. The Morgan fingerprint density at radius 2 is 2.00 bits per heavy atom. The second kappa shape index (κ2) is 4.49. The van der Waals surface area contributed by atoms with Gasteiger partial charge < -0.3 is 15.0 Å². The van der Waals surface area contributed by atoms with Gasteiger partial charge in [0.25, 0.3) is 5.89 Å². The van der Waals surface area contributed by atoms with Gasteiger partial charge >= 0.3 is 0 Å². The van der Waals surface area contributed by atoms with Crippen molar-refractivity contribution in [2.45, 2.75) is 37.4 Å². The largest absolute Gasteiger partial charge is 0.398 e. The predicted octanol–water partition coefficient (Wildman–Crippen LogP) is 2.63. The summed E-state index contributed by atoms with van der Waals surface area (Å²) in [4.78, 5) is 4.29. The number of ether oxygens (including phenoxy) is 1. The molecule has 4 rings (SSSR count). The van der Waals surface area contributed by atoms with Gasteiger partial charge in [0.2, 0.25) is 0 Å². The van der Waals surface area contributed by atoms with Gasteiger partial charge in [-0.15, -0.1) is 0 Å². The average Bonchev–Trinajstić information content (AvgIpc) is 3.17. The van der Waals surface area contributed by atoms with E-state index in [9.17, 15) is 8.78 Å². The fourth-order valence-corrected chi connectivity index (χ4v) is 3.15. The molecule has 0 spiro atoms. The summed E-state index contributed by atoms with van der Waals surface area (Å²) in [6, 6.07) is 1.88. The molecule has 3 heterocycles. The topological polar surface area (TPSA) is 74.2 Å². The normalized spacial score (nSPS) is 27.4. The van der Waals surface area contributed by atoms with E-state index in [-0.39, 0.29) is 35.3 Å². The summed E-state index contributed by atoms with van der Waals surface area (Å²) < 4.78 is 37.3. The van der Waals surface area contributed by atoms with E-state index in [0.29, 0.717) is 5.82 Å². The van der Waals surface area contributed by atoms with Crippen LogP contribution < -0.4 is 5.73 Å². The first-order valence-electron chi connectivity index (χ1n) is 6.86. The van der Waals surface area contributed by atoms with Gasteiger partial charge in [-0.1, -0.05) is 5.16 Å². The van der Waals surface area contributed by atoms with Crippen molar-refractivity contribution < 1.29 is 18.0 Å². The third-order valence-corrected chi connectivity index (χ3v) is 4.20. The second-order valence-electron chi connectivity index (χ2n) is 5.53. The fraction of sp³-hybridized carbons (Fsp3) is 0.429. The lowest BCUT2D eigenvalue weighted by Crippen LogP contribution is -2.15. The summed E-state index contributed by atoms with van der Waals surface area (Å²) in [7, 11) is 0. The lowest BCUT2D eigenvalue weighted by Gasteiger charge is -2.13. The molecular formula is C14H13F2N3O2. The smallest absolute Gasteiger partial charge is 0.260 e. The second-order valence-corrected chi connectivity index (χ2v) is 5.53. The van der Waals surface area contributed by atoms with E-state index < -0.39 is 11.6 Å². The van der Waals surface area contributed by atoms with Crippen LogP contribution in [0, 0.1) is 11.6 Å². The van der Waals surface area contributed by atoms with Gasteiger partial charge in [-0.05, 0) is 25.3 Å². The van der Waals surface area contributed by atoms with Crippen molar-refractivity contribution in [3.8, 4) is 11.5 Å². The summed E-state index contributed by atoms with van der Waals surface area (Å²) in [5.41, 5.74) is 5.95.